The lowest BCUT2D eigenvalue weighted by atomic mass is 10.1. The third-order valence-electron chi connectivity index (χ3n) is 2.62. The molecule has 0 aliphatic rings. The molecule has 2 rings (SSSR count). The summed E-state index contributed by atoms with van der Waals surface area (Å²) in [5.74, 6) is -1.36. The number of aromatic nitrogens is 1. The summed E-state index contributed by atoms with van der Waals surface area (Å²) in [6.07, 6.45) is -4.46. The Labute approximate surface area is 126 Å². The normalized spacial score (nSPS) is 11.5. The van der Waals surface area contributed by atoms with Crippen LogP contribution in [0.1, 0.15) is 16.1 Å². The highest BCUT2D eigenvalue weighted by Crippen LogP contribution is 2.33. The largest absolute Gasteiger partial charge is 0.476 e. The van der Waals surface area contributed by atoms with E-state index in [0.29, 0.717) is 0 Å². The summed E-state index contributed by atoms with van der Waals surface area (Å²) in [5, 5.41) is 8.84. The predicted molar refractivity (Wildman–Crippen MR) is 71.7 cm³/mol. The molecule has 8 heteroatoms. The number of hydrogen-bond donors (Lipinski definition) is 1. The second-order valence-corrected chi connectivity index (χ2v) is 4.84. The van der Waals surface area contributed by atoms with Crippen LogP contribution in [0.3, 0.4) is 0 Å². The fourth-order valence-electron chi connectivity index (χ4n) is 1.64. The third kappa shape index (κ3) is 3.28. The summed E-state index contributed by atoms with van der Waals surface area (Å²) < 4.78 is 37.5. The summed E-state index contributed by atoms with van der Waals surface area (Å²) in [4.78, 5) is 14.8. The number of alkyl halides is 3. The van der Waals surface area contributed by atoms with Gasteiger partial charge >= 0.3 is 12.1 Å². The van der Waals surface area contributed by atoms with Crippen molar-refractivity contribution < 1.29 is 23.1 Å². The van der Waals surface area contributed by atoms with E-state index in [-0.39, 0.29) is 21.3 Å². The molecule has 1 aromatic carbocycles. The van der Waals surface area contributed by atoms with Gasteiger partial charge in [-0.15, -0.1) is 0 Å². The molecule has 1 heterocycles. The molecule has 0 radical (unpaired) electrons. The Kier molecular flexibility index (Phi) is 4.11. The maximum absolute atomic E-state index is 12.5. The molecule has 21 heavy (non-hydrogen) atoms. The minimum Gasteiger partial charge on any atom is -0.476 e. The van der Waals surface area contributed by atoms with Crippen molar-refractivity contribution in [3.8, 4) is 11.3 Å². The van der Waals surface area contributed by atoms with Crippen molar-refractivity contribution >= 4 is 29.2 Å². The second kappa shape index (κ2) is 5.54. The molecule has 1 aromatic heterocycles. The predicted octanol–water partition coefficient (Wildman–Crippen LogP) is 4.77. The first-order valence-corrected chi connectivity index (χ1v) is 6.22. The molecule has 0 spiro atoms. The first-order chi connectivity index (χ1) is 9.70. The van der Waals surface area contributed by atoms with Crippen LogP contribution < -0.4 is 0 Å². The Bertz CT molecular complexity index is 700. The van der Waals surface area contributed by atoms with Crippen LogP contribution in [0.2, 0.25) is 10.0 Å². The van der Waals surface area contributed by atoms with Crippen LogP contribution in [-0.2, 0) is 6.18 Å². The highest BCUT2D eigenvalue weighted by atomic mass is 35.5. The molecular formula is C13H6Cl2F3NO2. The molecule has 0 aliphatic heterocycles. The Balaban J connectivity index is 2.52. The number of aromatic carboxylic acids is 1. The van der Waals surface area contributed by atoms with Gasteiger partial charge in [-0.1, -0.05) is 35.3 Å². The molecule has 0 amide bonds. The summed E-state index contributed by atoms with van der Waals surface area (Å²) in [7, 11) is 0. The molecule has 3 nitrogen and oxygen atoms in total. The van der Waals surface area contributed by atoms with E-state index in [0.717, 1.165) is 24.3 Å². The number of halogens is 5. The first-order valence-electron chi connectivity index (χ1n) is 5.47. The Morgan fingerprint density at radius 3 is 2.14 bits per heavy atom. The van der Waals surface area contributed by atoms with Gasteiger partial charge in [-0.2, -0.15) is 13.2 Å². The van der Waals surface area contributed by atoms with Gasteiger partial charge in [-0.25, -0.2) is 9.78 Å². The lowest BCUT2D eigenvalue weighted by Crippen LogP contribution is -2.05. The molecule has 0 bridgehead atoms. The minimum absolute atomic E-state index is 0.0461. The molecule has 0 fully saturated rings. The van der Waals surface area contributed by atoms with Gasteiger partial charge in [0.25, 0.3) is 0 Å². The molecule has 0 atom stereocenters. The number of carbonyl (C=O) groups is 1. The van der Waals surface area contributed by atoms with Crippen molar-refractivity contribution in [3.63, 3.8) is 0 Å². The zero-order chi connectivity index (χ0) is 15.8. The highest BCUT2D eigenvalue weighted by Gasteiger charge is 2.30. The molecule has 0 unspecified atom stereocenters. The van der Waals surface area contributed by atoms with Gasteiger partial charge in [-0.05, 0) is 18.2 Å². The Morgan fingerprint density at radius 1 is 1.10 bits per heavy atom. The summed E-state index contributed by atoms with van der Waals surface area (Å²) in [6.45, 7) is 0. The molecule has 0 aliphatic carbocycles. The van der Waals surface area contributed by atoms with Crippen LogP contribution in [0.4, 0.5) is 13.2 Å². The van der Waals surface area contributed by atoms with Gasteiger partial charge in [0.2, 0.25) is 0 Å². The fourth-order valence-corrected chi connectivity index (χ4v) is 2.18. The average Bonchev–Trinajstić information content (AvgIpc) is 2.37. The molecule has 1 N–H and O–H groups in total. The van der Waals surface area contributed by atoms with Crippen LogP contribution >= 0.6 is 23.2 Å². The monoisotopic (exact) mass is 335 g/mol. The molecule has 0 saturated heterocycles. The molecule has 2 aromatic rings. The van der Waals surface area contributed by atoms with E-state index in [9.17, 15) is 18.0 Å². The SMILES string of the molecule is O=C(O)c1nc(-c2ccc(C(F)(F)F)cc2)c(Cl)cc1Cl. The van der Waals surface area contributed by atoms with Gasteiger partial charge in [0.1, 0.15) is 0 Å². The quantitative estimate of drug-likeness (QED) is 0.859. The average molecular weight is 336 g/mol. The van der Waals surface area contributed by atoms with E-state index in [1.165, 1.54) is 6.07 Å². The van der Waals surface area contributed by atoms with E-state index in [1.807, 2.05) is 0 Å². The minimum atomic E-state index is -4.46. The van der Waals surface area contributed by atoms with Crippen molar-refractivity contribution in [2.75, 3.05) is 0 Å². The highest BCUT2D eigenvalue weighted by molar-refractivity contribution is 6.37. The van der Waals surface area contributed by atoms with Crippen LogP contribution in [0.25, 0.3) is 11.3 Å². The van der Waals surface area contributed by atoms with Crippen LogP contribution in [0.15, 0.2) is 30.3 Å². The van der Waals surface area contributed by atoms with Crippen molar-refractivity contribution in [3.05, 3.63) is 51.6 Å². The number of hydrogen-bond acceptors (Lipinski definition) is 2. The van der Waals surface area contributed by atoms with Gasteiger partial charge in [-0.3, -0.25) is 0 Å². The summed E-state index contributed by atoms with van der Waals surface area (Å²) in [5.41, 5.74) is -0.940. The maximum atomic E-state index is 12.5. The third-order valence-corrected chi connectivity index (χ3v) is 3.19. The molecule has 110 valence electrons. The second-order valence-electron chi connectivity index (χ2n) is 4.03. The van der Waals surface area contributed by atoms with Crippen molar-refractivity contribution in [2.45, 2.75) is 6.18 Å². The smallest absolute Gasteiger partial charge is 0.416 e. The number of pyridine rings is 1. The zero-order valence-electron chi connectivity index (χ0n) is 10.1. The van der Waals surface area contributed by atoms with Gasteiger partial charge < -0.3 is 5.11 Å². The lowest BCUT2D eigenvalue weighted by Gasteiger charge is -2.09. The first kappa shape index (κ1) is 15.6. The summed E-state index contributed by atoms with van der Waals surface area (Å²) >= 11 is 11.6. The van der Waals surface area contributed by atoms with Gasteiger partial charge in [0, 0.05) is 5.56 Å². The van der Waals surface area contributed by atoms with Crippen molar-refractivity contribution in [1.82, 2.24) is 4.98 Å². The van der Waals surface area contributed by atoms with Crippen LogP contribution in [0.5, 0.6) is 0 Å². The van der Waals surface area contributed by atoms with Gasteiger partial charge in [0.15, 0.2) is 5.69 Å². The van der Waals surface area contributed by atoms with Crippen molar-refractivity contribution in [2.24, 2.45) is 0 Å². The maximum Gasteiger partial charge on any atom is 0.416 e. The number of nitrogens with zero attached hydrogens (tertiary/aromatic N) is 1. The van der Waals surface area contributed by atoms with Crippen molar-refractivity contribution in [1.29, 1.82) is 0 Å². The van der Waals surface area contributed by atoms with E-state index in [2.05, 4.69) is 4.98 Å². The van der Waals surface area contributed by atoms with E-state index < -0.39 is 23.4 Å². The standard InChI is InChI=1S/C13H6Cl2F3NO2/c14-8-5-9(15)11(12(20)21)19-10(8)6-1-3-7(4-2-6)13(16,17)18/h1-5H,(H,20,21). The zero-order valence-corrected chi connectivity index (χ0v) is 11.6. The Morgan fingerprint density at radius 2 is 1.67 bits per heavy atom. The van der Waals surface area contributed by atoms with Gasteiger partial charge in [0.05, 0.1) is 21.3 Å². The summed E-state index contributed by atoms with van der Waals surface area (Å²) in [6, 6.07) is 5.24. The lowest BCUT2D eigenvalue weighted by molar-refractivity contribution is -0.137. The van der Waals surface area contributed by atoms with Crippen LogP contribution in [0, 0.1) is 0 Å². The number of rotatable bonds is 2. The fraction of sp³-hybridized carbons (Fsp3) is 0.0769. The van der Waals surface area contributed by atoms with E-state index in [4.69, 9.17) is 28.3 Å². The number of benzene rings is 1. The van der Waals surface area contributed by atoms with E-state index in [1.54, 1.807) is 0 Å². The molecular weight excluding hydrogens is 330 g/mol. The number of carboxylic acid groups (broad SMARTS) is 1. The topological polar surface area (TPSA) is 50.2 Å². The van der Waals surface area contributed by atoms with E-state index >= 15 is 0 Å². The number of carboxylic acids is 1. The van der Waals surface area contributed by atoms with Crippen LogP contribution in [-0.4, -0.2) is 16.1 Å². The Hall–Kier alpha value is -1.79. The molecule has 0 saturated carbocycles.